The molecule has 0 bridgehead atoms. The summed E-state index contributed by atoms with van der Waals surface area (Å²) >= 11 is 3.11. The molecule has 4 aromatic carbocycles. The van der Waals surface area contributed by atoms with Gasteiger partial charge in [0.1, 0.15) is 34.6 Å². The number of halogens is 9. The van der Waals surface area contributed by atoms with Crippen LogP contribution in [-0.4, -0.2) is 113 Å². The van der Waals surface area contributed by atoms with Crippen molar-refractivity contribution in [3.8, 4) is 45.5 Å². The van der Waals surface area contributed by atoms with E-state index in [1.54, 1.807) is 25.1 Å². The first-order valence-electron chi connectivity index (χ1n) is 28.1. The lowest BCUT2D eigenvalue weighted by atomic mass is 9.78. The molecule has 1 fully saturated rings. The second-order valence-corrected chi connectivity index (χ2v) is 26.5. The van der Waals surface area contributed by atoms with Crippen LogP contribution in [0, 0.1) is 25.5 Å². The van der Waals surface area contributed by atoms with Gasteiger partial charge in [-0.25, -0.2) is 8.78 Å². The van der Waals surface area contributed by atoms with Crippen LogP contribution < -0.4 is 45.0 Å². The van der Waals surface area contributed by atoms with E-state index in [1.807, 2.05) is 27.7 Å². The fourth-order valence-corrected chi connectivity index (χ4v) is 12.9. The minimum absolute atomic E-state index is 0. The largest absolute Gasteiger partial charge is 0.573 e. The third-order valence-electron chi connectivity index (χ3n) is 15.2. The number of methoxy groups -OCH3 is 2. The zero-order valence-electron chi connectivity index (χ0n) is 52.5. The number of alkyl halides is 6. The number of nitrogens with zero attached hydrogens (tertiary/aromatic N) is 8. The molecule has 3 aliphatic heterocycles. The lowest BCUT2D eigenvalue weighted by Crippen LogP contribution is -2.41. The van der Waals surface area contributed by atoms with Crippen LogP contribution >= 0.6 is 35.7 Å². The van der Waals surface area contributed by atoms with E-state index in [1.165, 1.54) is 130 Å². The van der Waals surface area contributed by atoms with Gasteiger partial charge in [0, 0.05) is 92.6 Å². The lowest BCUT2D eigenvalue weighted by molar-refractivity contribution is -0.275. The molecule has 2 atom stereocenters. The molecular weight excluding hydrogens is 1420 g/mol. The Morgan fingerprint density at radius 2 is 1.03 bits per heavy atom. The number of pyridine rings is 2. The molecule has 3 aliphatic rings. The second-order valence-electron chi connectivity index (χ2n) is 22.3. The summed E-state index contributed by atoms with van der Waals surface area (Å²) in [5.74, 6) is -1.63. The average Bonchev–Trinajstić information content (AvgIpc) is 0.797. The molecule has 0 saturated carbocycles. The summed E-state index contributed by atoms with van der Waals surface area (Å²) < 4.78 is 197. The maximum atomic E-state index is 15.6. The Morgan fingerprint density at radius 3 is 1.47 bits per heavy atom. The molecule has 0 radical (unpaired) electrons. The Kier molecular flexibility index (Phi) is 23.6. The fraction of sp³-hybridized carbons (Fsp3) is 0.300. The smallest absolute Gasteiger partial charge is 0.495 e. The van der Waals surface area contributed by atoms with E-state index >= 15 is 4.39 Å². The highest BCUT2D eigenvalue weighted by molar-refractivity contribution is 9.10. The Balaban J connectivity index is 0.000000213. The van der Waals surface area contributed by atoms with Crippen molar-refractivity contribution in [3.05, 3.63) is 192 Å². The number of benzene rings is 4. The van der Waals surface area contributed by atoms with Crippen molar-refractivity contribution < 1.29 is 80.2 Å². The summed E-state index contributed by atoms with van der Waals surface area (Å²) in [6, 6.07) is 24.7. The van der Waals surface area contributed by atoms with Gasteiger partial charge in [-0.3, -0.25) is 28.2 Å². The Morgan fingerprint density at radius 1 is 0.594 bits per heavy atom. The molecular formula is C60H64BBrF8N10O12P2S2. The molecule has 22 nitrogen and oxygen atoms in total. The standard InChI is InChI=1S/C27H23F4N5O5S.C19H17BrFN5O4S.C14H18BF3O3.2H3P/c1-16-10-18(12-19(11-16)41-27(29,30)31)20-13-24(40-2)23(14-21(20)28)36-22-7-9-35(15-17(22)5-6-26(36)37)42(38,39)34-25-4-3-8-32-33-25;1-30-17-9-13(20)14(21)10-16(17)26-15-6-8-25(11-12(15)4-5-19(26)27)31(28,29)24-18-3-2-7-22-23-18;1-9-6-10(8-11(7-9)19-14(16,17)18)15-20-12(2,3)13(4,5)21-15;;/h3-6,8,10-14H,7,9,15H2,1-2H3,(H,33,34);2-5,7,9-10H,6,8,11H2,1H3,(H,23,24);6-8H,1-5H3;2*1H3. The van der Waals surface area contributed by atoms with Crippen LogP contribution in [0.4, 0.5) is 46.8 Å². The number of rotatable bonds is 14. The molecule has 8 aromatic rings. The summed E-state index contributed by atoms with van der Waals surface area (Å²) in [5, 5.41) is 14.8. The molecule has 96 heavy (non-hydrogen) atoms. The van der Waals surface area contributed by atoms with Crippen molar-refractivity contribution in [1.29, 1.82) is 0 Å². The molecule has 11 rings (SSSR count). The number of aromatic nitrogens is 6. The fourth-order valence-electron chi connectivity index (χ4n) is 10.3. The van der Waals surface area contributed by atoms with Crippen molar-refractivity contribution in [1.82, 2.24) is 38.1 Å². The number of ether oxygens (including phenoxy) is 4. The number of nitrogens with one attached hydrogen (secondary N) is 2. The van der Waals surface area contributed by atoms with Gasteiger partial charge < -0.3 is 28.3 Å². The van der Waals surface area contributed by atoms with Gasteiger partial charge in [-0.1, -0.05) is 24.3 Å². The molecule has 1 saturated heterocycles. The minimum atomic E-state index is -4.93. The van der Waals surface area contributed by atoms with E-state index in [9.17, 15) is 57.2 Å². The highest BCUT2D eigenvalue weighted by Gasteiger charge is 2.52. The quantitative estimate of drug-likeness (QED) is 0.0584. The van der Waals surface area contributed by atoms with Crippen LogP contribution in [0.25, 0.3) is 22.5 Å². The second kappa shape index (κ2) is 30.0. The Bertz CT molecular complexity index is 4500. The van der Waals surface area contributed by atoms with E-state index in [0.29, 0.717) is 44.9 Å². The molecule has 0 spiro atoms. The summed E-state index contributed by atoms with van der Waals surface area (Å²) in [4.78, 5) is 25.8. The summed E-state index contributed by atoms with van der Waals surface area (Å²) in [6.45, 7) is 10.8. The van der Waals surface area contributed by atoms with Gasteiger partial charge in [0.25, 0.3) is 11.1 Å². The van der Waals surface area contributed by atoms with Crippen molar-refractivity contribution in [2.24, 2.45) is 0 Å². The Labute approximate surface area is 561 Å². The van der Waals surface area contributed by atoms with Crippen LogP contribution in [0.5, 0.6) is 23.0 Å². The summed E-state index contributed by atoms with van der Waals surface area (Å²) in [5.41, 5.74) is 2.08. The molecule has 0 aliphatic carbocycles. The van der Waals surface area contributed by atoms with Crippen molar-refractivity contribution in [3.63, 3.8) is 0 Å². The van der Waals surface area contributed by atoms with Gasteiger partial charge in [0.2, 0.25) is 0 Å². The van der Waals surface area contributed by atoms with Gasteiger partial charge in [-0.15, -0.1) is 36.5 Å². The maximum absolute atomic E-state index is 15.6. The zero-order valence-corrected chi connectivity index (χ0v) is 58.5. The average molecular weight is 1490 g/mol. The number of hydrogen-bond acceptors (Lipinski definition) is 16. The minimum Gasteiger partial charge on any atom is -0.495 e. The van der Waals surface area contributed by atoms with Gasteiger partial charge in [-0.2, -0.15) is 55.4 Å². The van der Waals surface area contributed by atoms with E-state index in [0.717, 1.165) is 12.1 Å². The molecule has 4 aromatic heterocycles. The predicted octanol–water partition coefficient (Wildman–Crippen LogP) is 9.93. The van der Waals surface area contributed by atoms with Gasteiger partial charge in [-0.05, 0) is 151 Å². The summed E-state index contributed by atoms with van der Waals surface area (Å²) in [7, 11) is -5.89. The first-order valence-corrected chi connectivity index (χ1v) is 31.8. The molecule has 0 amide bonds. The maximum Gasteiger partial charge on any atom is 0.573 e. The monoisotopic (exact) mass is 1480 g/mol. The SMILES string of the molecule is COc1cc(-c2cc(C)cc(OC(F)(F)F)c2)c(F)cc1-n1c2c(ccc1=O)CN(S(=O)(=O)Nc1cccnn1)CC2.COc1cc(Br)c(F)cc1-n1c2c(ccc1=O)CN(S(=O)(=O)Nc1cccnn1)CC2.Cc1cc(OC(F)(F)F)cc(B2OC(C)(C)C(C)(C)O2)c1.P.P. The number of anilines is 2. The van der Waals surface area contributed by atoms with Crippen molar-refractivity contribution in [2.75, 3.05) is 36.8 Å². The van der Waals surface area contributed by atoms with E-state index in [4.69, 9.17) is 18.8 Å². The van der Waals surface area contributed by atoms with Gasteiger partial charge in [0.05, 0.1) is 41.3 Å². The normalized spacial score (nSPS) is 15.2. The number of hydrogen-bond donors (Lipinski definition) is 2. The molecule has 2 unspecified atom stereocenters. The highest BCUT2D eigenvalue weighted by atomic mass is 79.9. The lowest BCUT2D eigenvalue weighted by Gasteiger charge is -2.32. The molecule has 36 heteroatoms. The first kappa shape index (κ1) is 75.7. The topological polar surface area (TPSA) is 250 Å². The van der Waals surface area contributed by atoms with E-state index in [2.05, 4.69) is 55.2 Å². The van der Waals surface area contributed by atoms with Crippen LogP contribution in [0.1, 0.15) is 61.3 Å². The van der Waals surface area contributed by atoms with Crippen LogP contribution in [0.3, 0.4) is 0 Å². The van der Waals surface area contributed by atoms with Gasteiger partial charge in [0.15, 0.2) is 11.6 Å². The predicted molar refractivity (Wildman–Crippen MR) is 355 cm³/mol. The molecule has 514 valence electrons. The van der Waals surface area contributed by atoms with Crippen molar-refractivity contribution in [2.45, 2.75) is 91.4 Å². The van der Waals surface area contributed by atoms with Crippen LogP contribution in [-0.2, 0) is 55.7 Å². The molecule has 2 N–H and O–H groups in total. The first-order chi connectivity index (χ1) is 44.0. The third kappa shape index (κ3) is 17.9. The van der Waals surface area contributed by atoms with Crippen LogP contribution in [0.15, 0.2) is 136 Å². The zero-order chi connectivity index (χ0) is 68.5. The van der Waals surface area contributed by atoms with E-state index < -0.39 is 74.4 Å². The van der Waals surface area contributed by atoms with Gasteiger partial charge >= 0.3 is 40.3 Å². The number of fused-ring (bicyclic) bond motifs is 2. The molecule has 7 heterocycles. The van der Waals surface area contributed by atoms with Crippen molar-refractivity contribution >= 4 is 80.4 Å². The van der Waals surface area contributed by atoms with Crippen LogP contribution in [0.2, 0.25) is 0 Å². The third-order valence-corrected chi connectivity index (χ3v) is 18.7. The summed E-state index contributed by atoms with van der Waals surface area (Å²) in [6.07, 6.45) is -6.46. The van der Waals surface area contributed by atoms with E-state index in [-0.39, 0.29) is 114 Å². The number of aryl methyl sites for hydroxylation is 2. The Hall–Kier alpha value is -7.68. The highest BCUT2D eigenvalue weighted by Crippen LogP contribution is 2.39.